The molecule has 26 heavy (non-hydrogen) atoms. The van der Waals surface area contributed by atoms with E-state index in [1.807, 2.05) is 54.6 Å². The Balaban J connectivity index is 1.59. The zero-order chi connectivity index (χ0) is 17.9. The van der Waals surface area contributed by atoms with Gasteiger partial charge in [-0.3, -0.25) is 0 Å². The molecule has 0 amide bonds. The van der Waals surface area contributed by atoms with Crippen molar-refractivity contribution in [3.63, 3.8) is 0 Å². The molecule has 2 aromatic carbocycles. The van der Waals surface area contributed by atoms with Gasteiger partial charge in [0, 0.05) is 17.0 Å². The first-order chi connectivity index (χ1) is 12.7. The van der Waals surface area contributed by atoms with Crippen LogP contribution in [0.5, 0.6) is 0 Å². The summed E-state index contributed by atoms with van der Waals surface area (Å²) < 4.78 is 1.72. The van der Waals surface area contributed by atoms with Crippen molar-refractivity contribution in [3.05, 3.63) is 78.4 Å². The van der Waals surface area contributed by atoms with E-state index in [4.69, 9.17) is 0 Å². The third kappa shape index (κ3) is 3.14. The minimum atomic E-state index is -0.0574. The first-order valence-electron chi connectivity index (χ1n) is 8.45. The summed E-state index contributed by atoms with van der Waals surface area (Å²) in [5.74, 6) is 0.707. The first kappa shape index (κ1) is 16.2. The van der Waals surface area contributed by atoms with Crippen molar-refractivity contribution in [3.8, 4) is 5.69 Å². The van der Waals surface area contributed by atoms with Crippen LogP contribution < -0.4 is 5.32 Å². The number of aliphatic hydroxyl groups is 1. The molecule has 4 rings (SSSR count). The second-order valence-electron chi connectivity index (χ2n) is 6.14. The van der Waals surface area contributed by atoms with Gasteiger partial charge in [0.15, 0.2) is 0 Å². The largest absolute Gasteiger partial charge is 0.392 e. The fraction of sp³-hybridized carbons (Fsp3) is 0.150. The highest BCUT2D eigenvalue weighted by atomic mass is 16.3. The summed E-state index contributed by atoms with van der Waals surface area (Å²) in [6, 6.07) is 18.0. The van der Waals surface area contributed by atoms with Crippen molar-refractivity contribution in [2.45, 2.75) is 19.6 Å². The van der Waals surface area contributed by atoms with Gasteiger partial charge in [0.05, 0.1) is 17.8 Å². The number of hydrogen-bond acceptors (Lipinski definition) is 5. The van der Waals surface area contributed by atoms with Gasteiger partial charge in [-0.15, -0.1) is 0 Å². The third-order valence-electron chi connectivity index (χ3n) is 4.40. The number of rotatable bonds is 5. The van der Waals surface area contributed by atoms with Crippen LogP contribution in [-0.2, 0) is 6.61 Å². The summed E-state index contributed by atoms with van der Waals surface area (Å²) in [6.07, 6.45) is 3.18. The number of para-hydroxylation sites is 1. The molecule has 0 aliphatic carbocycles. The molecule has 2 N–H and O–H groups in total. The van der Waals surface area contributed by atoms with Gasteiger partial charge in [-0.05, 0) is 36.8 Å². The van der Waals surface area contributed by atoms with Crippen molar-refractivity contribution >= 4 is 16.7 Å². The van der Waals surface area contributed by atoms with Gasteiger partial charge in [-0.1, -0.05) is 30.3 Å². The number of nitrogens with zero attached hydrogens (tertiary/aromatic N) is 4. The van der Waals surface area contributed by atoms with Crippen LogP contribution in [0, 0.1) is 0 Å². The lowest BCUT2D eigenvalue weighted by atomic mass is 10.1. The number of aliphatic hydroxyl groups excluding tert-OH is 1. The molecule has 0 fully saturated rings. The number of anilines is 1. The molecule has 0 spiro atoms. The normalized spacial score (nSPS) is 12.2. The number of nitrogens with one attached hydrogen (secondary N) is 1. The minimum Gasteiger partial charge on any atom is -0.392 e. The predicted molar refractivity (Wildman–Crippen MR) is 101 cm³/mol. The van der Waals surface area contributed by atoms with E-state index in [-0.39, 0.29) is 12.6 Å². The molecule has 1 unspecified atom stereocenters. The van der Waals surface area contributed by atoms with Crippen LogP contribution in [0.3, 0.4) is 0 Å². The van der Waals surface area contributed by atoms with Gasteiger partial charge >= 0.3 is 0 Å². The van der Waals surface area contributed by atoms with E-state index in [2.05, 4.69) is 27.3 Å². The molecule has 1 atom stereocenters. The Kier molecular flexibility index (Phi) is 4.33. The SMILES string of the molecule is CC(Nc1nc2ccccc2cc1CO)c1ccc(-n2cncn2)cc1. The Labute approximate surface area is 151 Å². The van der Waals surface area contributed by atoms with Crippen LogP contribution >= 0.6 is 0 Å². The van der Waals surface area contributed by atoms with Crippen LogP contribution in [0.25, 0.3) is 16.6 Å². The standard InChI is InChI=1S/C20H19N5O/c1-14(15-6-8-18(9-7-15)25-13-21-12-22-25)23-20-17(11-26)10-16-4-2-3-5-19(16)24-20/h2-10,12-14,26H,11H2,1H3,(H,23,24). The zero-order valence-corrected chi connectivity index (χ0v) is 14.4. The second-order valence-corrected chi connectivity index (χ2v) is 6.14. The molecular weight excluding hydrogens is 326 g/mol. The molecule has 0 radical (unpaired) electrons. The Morgan fingerprint density at radius 2 is 1.92 bits per heavy atom. The Morgan fingerprint density at radius 1 is 1.12 bits per heavy atom. The fourth-order valence-electron chi connectivity index (χ4n) is 2.95. The van der Waals surface area contributed by atoms with Gasteiger partial charge in [0.1, 0.15) is 18.5 Å². The second kappa shape index (κ2) is 6.93. The maximum absolute atomic E-state index is 9.71. The van der Waals surface area contributed by atoms with E-state index < -0.39 is 0 Å². The van der Waals surface area contributed by atoms with Crippen molar-refractivity contribution in [2.24, 2.45) is 0 Å². The van der Waals surface area contributed by atoms with Crippen LogP contribution in [0.15, 0.2) is 67.3 Å². The van der Waals surface area contributed by atoms with Crippen LogP contribution in [0.4, 0.5) is 5.82 Å². The van der Waals surface area contributed by atoms with Gasteiger partial charge < -0.3 is 10.4 Å². The lowest BCUT2D eigenvalue weighted by molar-refractivity contribution is 0.282. The average Bonchev–Trinajstić information content (AvgIpc) is 3.22. The lowest BCUT2D eigenvalue weighted by Gasteiger charge is -2.18. The van der Waals surface area contributed by atoms with E-state index in [0.717, 1.165) is 27.7 Å². The molecule has 0 saturated carbocycles. The van der Waals surface area contributed by atoms with Crippen molar-refractivity contribution < 1.29 is 5.11 Å². The predicted octanol–water partition coefficient (Wildman–Crippen LogP) is 3.48. The molecule has 0 aliphatic rings. The summed E-state index contributed by atoms with van der Waals surface area (Å²) in [5, 5.41) is 18.3. The fourth-order valence-corrected chi connectivity index (χ4v) is 2.95. The van der Waals surface area contributed by atoms with E-state index in [1.54, 1.807) is 11.0 Å². The first-order valence-corrected chi connectivity index (χ1v) is 8.45. The number of hydrogen-bond donors (Lipinski definition) is 2. The molecule has 0 saturated heterocycles. The van der Waals surface area contributed by atoms with E-state index >= 15 is 0 Å². The maximum Gasteiger partial charge on any atom is 0.138 e. The molecule has 6 nitrogen and oxygen atoms in total. The molecule has 4 aromatic rings. The molecule has 2 heterocycles. The van der Waals surface area contributed by atoms with E-state index in [0.29, 0.717) is 5.82 Å². The summed E-state index contributed by atoms with van der Waals surface area (Å²) in [5.41, 5.74) is 3.77. The van der Waals surface area contributed by atoms with Gasteiger partial charge in [0.2, 0.25) is 0 Å². The lowest BCUT2D eigenvalue weighted by Crippen LogP contribution is -2.10. The van der Waals surface area contributed by atoms with Gasteiger partial charge in [-0.25, -0.2) is 14.6 Å². The monoisotopic (exact) mass is 345 g/mol. The highest BCUT2D eigenvalue weighted by Gasteiger charge is 2.11. The number of aromatic nitrogens is 4. The van der Waals surface area contributed by atoms with Crippen molar-refractivity contribution in [2.75, 3.05) is 5.32 Å². The minimum absolute atomic E-state index is 0.0405. The quantitative estimate of drug-likeness (QED) is 0.579. The topological polar surface area (TPSA) is 75.9 Å². The maximum atomic E-state index is 9.71. The summed E-state index contributed by atoms with van der Waals surface area (Å²) in [7, 11) is 0. The van der Waals surface area contributed by atoms with Crippen LogP contribution in [-0.4, -0.2) is 24.9 Å². The molecule has 0 aliphatic heterocycles. The van der Waals surface area contributed by atoms with E-state index in [1.165, 1.54) is 6.33 Å². The summed E-state index contributed by atoms with van der Waals surface area (Å²) >= 11 is 0. The summed E-state index contributed by atoms with van der Waals surface area (Å²) in [6.45, 7) is 2.01. The van der Waals surface area contributed by atoms with Crippen molar-refractivity contribution in [1.82, 2.24) is 19.7 Å². The molecule has 130 valence electrons. The summed E-state index contributed by atoms with van der Waals surface area (Å²) in [4.78, 5) is 8.64. The van der Waals surface area contributed by atoms with Crippen molar-refractivity contribution in [1.29, 1.82) is 0 Å². The van der Waals surface area contributed by atoms with Gasteiger partial charge in [-0.2, -0.15) is 5.10 Å². The Hall–Kier alpha value is -3.25. The smallest absolute Gasteiger partial charge is 0.138 e. The molecule has 0 bridgehead atoms. The third-order valence-corrected chi connectivity index (χ3v) is 4.40. The Bertz CT molecular complexity index is 1010. The zero-order valence-electron chi connectivity index (χ0n) is 14.4. The number of benzene rings is 2. The van der Waals surface area contributed by atoms with Crippen LogP contribution in [0.1, 0.15) is 24.1 Å². The highest BCUT2D eigenvalue weighted by Crippen LogP contribution is 2.25. The molecular formula is C20H19N5O. The van der Waals surface area contributed by atoms with Crippen LogP contribution in [0.2, 0.25) is 0 Å². The number of fused-ring (bicyclic) bond motifs is 1. The van der Waals surface area contributed by atoms with Gasteiger partial charge in [0.25, 0.3) is 0 Å². The molecule has 2 aromatic heterocycles. The average molecular weight is 345 g/mol. The Morgan fingerprint density at radius 3 is 2.65 bits per heavy atom. The highest BCUT2D eigenvalue weighted by molar-refractivity contribution is 5.81. The molecule has 6 heteroatoms. The number of pyridine rings is 1. The van der Waals surface area contributed by atoms with E-state index in [9.17, 15) is 5.11 Å².